The first-order chi connectivity index (χ1) is 15.4. The van der Waals surface area contributed by atoms with Crippen molar-refractivity contribution >= 4 is 39.1 Å². The third kappa shape index (κ3) is 5.03. The van der Waals surface area contributed by atoms with E-state index < -0.39 is 0 Å². The molecule has 9 heteroatoms. The molecule has 0 unspecified atom stereocenters. The molecular formula is C23H21BrClN5O2. The maximum absolute atomic E-state index is 12.8. The molecule has 0 fully saturated rings. The lowest BCUT2D eigenvalue weighted by Crippen LogP contribution is -2.15. The summed E-state index contributed by atoms with van der Waals surface area (Å²) < 4.78 is 9.97. The predicted octanol–water partition coefficient (Wildman–Crippen LogP) is 5.45. The van der Waals surface area contributed by atoms with Crippen molar-refractivity contribution < 1.29 is 9.53 Å². The van der Waals surface area contributed by atoms with Gasteiger partial charge in [-0.05, 0) is 43.7 Å². The smallest absolute Gasteiger partial charge is 0.276 e. The van der Waals surface area contributed by atoms with Gasteiger partial charge in [0.25, 0.3) is 5.91 Å². The Labute approximate surface area is 199 Å². The molecule has 0 aliphatic carbocycles. The highest BCUT2D eigenvalue weighted by atomic mass is 79.9. The summed E-state index contributed by atoms with van der Waals surface area (Å²) in [5.41, 5.74) is 3.75. The van der Waals surface area contributed by atoms with E-state index in [1.54, 1.807) is 24.4 Å². The van der Waals surface area contributed by atoms with Crippen molar-refractivity contribution in [2.75, 3.05) is 5.32 Å². The van der Waals surface area contributed by atoms with Crippen LogP contribution in [0, 0.1) is 13.8 Å². The van der Waals surface area contributed by atoms with Gasteiger partial charge in [0.1, 0.15) is 5.75 Å². The fraction of sp³-hybridized carbons (Fsp3) is 0.174. The molecule has 7 nitrogen and oxygen atoms in total. The number of hydrogen-bond acceptors (Lipinski definition) is 4. The number of halogens is 2. The van der Waals surface area contributed by atoms with Gasteiger partial charge in [0, 0.05) is 10.7 Å². The maximum atomic E-state index is 12.8. The number of carbonyl (C=O) groups excluding carboxylic acids is 1. The number of aryl methyl sites for hydroxylation is 1. The average molecular weight is 515 g/mol. The Morgan fingerprint density at radius 2 is 1.91 bits per heavy atom. The molecule has 0 aliphatic heterocycles. The molecule has 0 spiro atoms. The summed E-state index contributed by atoms with van der Waals surface area (Å²) in [4.78, 5) is 12.8. The Kier molecular flexibility index (Phi) is 6.62. The van der Waals surface area contributed by atoms with Crippen LogP contribution in [0.5, 0.6) is 5.75 Å². The zero-order valence-corrected chi connectivity index (χ0v) is 19.9. The van der Waals surface area contributed by atoms with Gasteiger partial charge < -0.3 is 10.1 Å². The van der Waals surface area contributed by atoms with Gasteiger partial charge in [-0.15, -0.1) is 0 Å². The quantitative estimate of drug-likeness (QED) is 0.356. The number of benzene rings is 2. The molecule has 0 saturated heterocycles. The number of hydrogen-bond donors (Lipinski definition) is 1. The van der Waals surface area contributed by atoms with Gasteiger partial charge in [0.2, 0.25) is 0 Å². The first kappa shape index (κ1) is 22.1. The summed E-state index contributed by atoms with van der Waals surface area (Å²) in [6.07, 6.45) is 1.68. The van der Waals surface area contributed by atoms with Gasteiger partial charge in [0.05, 0.1) is 28.6 Å². The third-order valence-corrected chi connectivity index (χ3v) is 5.70. The van der Waals surface area contributed by atoms with Crippen molar-refractivity contribution in [1.82, 2.24) is 19.6 Å². The predicted molar refractivity (Wildman–Crippen MR) is 127 cm³/mol. The fourth-order valence-corrected chi connectivity index (χ4v) is 3.98. The Morgan fingerprint density at radius 1 is 1.12 bits per heavy atom. The maximum Gasteiger partial charge on any atom is 0.276 e. The fourth-order valence-electron chi connectivity index (χ4n) is 3.25. The van der Waals surface area contributed by atoms with Crippen molar-refractivity contribution in [3.63, 3.8) is 0 Å². The number of amides is 1. The molecule has 1 amide bonds. The second-order valence-electron chi connectivity index (χ2n) is 7.23. The monoisotopic (exact) mass is 513 g/mol. The van der Waals surface area contributed by atoms with Gasteiger partial charge in [0.15, 0.2) is 12.4 Å². The summed E-state index contributed by atoms with van der Waals surface area (Å²) in [7, 11) is 0. The lowest BCUT2D eigenvalue weighted by atomic mass is 10.2. The van der Waals surface area contributed by atoms with Crippen LogP contribution in [0.25, 0.3) is 0 Å². The van der Waals surface area contributed by atoms with Gasteiger partial charge in [-0.3, -0.25) is 9.48 Å². The van der Waals surface area contributed by atoms with Crippen LogP contribution in [0.3, 0.4) is 0 Å². The minimum atomic E-state index is -0.309. The molecule has 4 rings (SSSR count). The molecule has 32 heavy (non-hydrogen) atoms. The molecule has 0 radical (unpaired) electrons. The molecule has 2 heterocycles. The molecule has 1 N–H and O–H groups in total. The molecule has 164 valence electrons. The number of anilines is 1. The van der Waals surface area contributed by atoms with Crippen LogP contribution in [0.4, 0.5) is 5.69 Å². The van der Waals surface area contributed by atoms with Crippen LogP contribution in [-0.4, -0.2) is 25.5 Å². The summed E-state index contributed by atoms with van der Waals surface area (Å²) >= 11 is 9.53. The molecule has 4 aromatic rings. The van der Waals surface area contributed by atoms with Crippen molar-refractivity contribution in [2.45, 2.75) is 27.1 Å². The minimum absolute atomic E-state index is 0.127. The minimum Gasteiger partial charge on any atom is -0.470 e. The number of rotatable bonds is 7. The molecule has 0 atom stereocenters. The Bertz CT molecular complexity index is 1250. The highest BCUT2D eigenvalue weighted by Gasteiger charge is 2.17. The summed E-state index contributed by atoms with van der Waals surface area (Å²) in [5.74, 6) is 0.226. The summed E-state index contributed by atoms with van der Waals surface area (Å²) in [5, 5.41) is 12.3. The van der Waals surface area contributed by atoms with Crippen molar-refractivity contribution in [3.05, 3.63) is 92.9 Å². The molecule has 0 bridgehead atoms. The van der Waals surface area contributed by atoms with E-state index in [9.17, 15) is 4.79 Å². The molecule has 0 aliphatic rings. The van der Waals surface area contributed by atoms with E-state index in [1.807, 2.05) is 54.9 Å². The van der Waals surface area contributed by atoms with Crippen molar-refractivity contribution in [2.24, 2.45) is 0 Å². The van der Waals surface area contributed by atoms with Crippen LogP contribution in [0.15, 0.2) is 65.3 Å². The first-order valence-corrected chi connectivity index (χ1v) is 11.1. The first-order valence-electron chi connectivity index (χ1n) is 9.91. The lowest BCUT2D eigenvalue weighted by molar-refractivity contribution is 0.102. The summed E-state index contributed by atoms with van der Waals surface area (Å²) in [6, 6.07) is 17.1. The zero-order chi connectivity index (χ0) is 22.7. The second-order valence-corrected chi connectivity index (χ2v) is 8.55. The molecule has 2 aromatic heterocycles. The van der Waals surface area contributed by atoms with Crippen LogP contribution >= 0.6 is 27.5 Å². The van der Waals surface area contributed by atoms with Crippen molar-refractivity contribution in [3.8, 4) is 5.75 Å². The average Bonchev–Trinajstić information content (AvgIpc) is 3.34. The normalized spacial score (nSPS) is 10.9. The van der Waals surface area contributed by atoms with E-state index in [-0.39, 0.29) is 18.3 Å². The van der Waals surface area contributed by atoms with E-state index in [1.165, 1.54) is 4.68 Å². The van der Waals surface area contributed by atoms with E-state index in [2.05, 4.69) is 31.4 Å². The largest absolute Gasteiger partial charge is 0.470 e. The van der Waals surface area contributed by atoms with E-state index in [0.717, 1.165) is 21.4 Å². The van der Waals surface area contributed by atoms with Gasteiger partial charge in [-0.2, -0.15) is 10.2 Å². The number of carbonyl (C=O) groups is 1. The Hall–Kier alpha value is -3.10. The van der Waals surface area contributed by atoms with Crippen LogP contribution in [0.2, 0.25) is 5.02 Å². The van der Waals surface area contributed by atoms with Gasteiger partial charge in [-0.1, -0.05) is 57.9 Å². The topological polar surface area (TPSA) is 74.0 Å². The SMILES string of the molecule is Cc1nn(Cc2ccccc2)c(C)c1NC(=O)c1ccn(COc2ccc(Br)cc2Cl)n1. The number of nitrogens with zero attached hydrogens (tertiary/aromatic N) is 4. The number of nitrogens with one attached hydrogen (secondary N) is 1. The van der Waals surface area contributed by atoms with Gasteiger partial charge in [-0.25, -0.2) is 4.68 Å². The van der Waals surface area contributed by atoms with Gasteiger partial charge >= 0.3 is 0 Å². The second kappa shape index (κ2) is 9.58. The molecule has 2 aromatic carbocycles. The Balaban J connectivity index is 1.42. The standard InChI is InChI=1S/C23H21BrClN5O2/c1-15-22(16(2)30(27-15)13-17-6-4-3-5-7-17)26-23(31)20-10-11-29(28-20)14-32-21-9-8-18(24)12-19(21)25/h3-12H,13-14H2,1-2H3,(H,26,31). The van der Waals surface area contributed by atoms with Crippen molar-refractivity contribution in [1.29, 1.82) is 0 Å². The molecular weight excluding hydrogens is 494 g/mol. The van der Waals surface area contributed by atoms with Crippen LogP contribution in [-0.2, 0) is 13.3 Å². The van der Waals surface area contributed by atoms with E-state index >= 15 is 0 Å². The highest BCUT2D eigenvalue weighted by Crippen LogP contribution is 2.28. The Morgan fingerprint density at radius 3 is 2.66 bits per heavy atom. The van der Waals surface area contributed by atoms with E-state index in [0.29, 0.717) is 23.0 Å². The van der Waals surface area contributed by atoms with E-state index in [4.69, 9.17) is 16.3 Å². The lowest BCUT2D eigenvalue weighted by Gasteiger charge is -2.08. The summed E-state index contributed by atoms with van der Waals surface area (Å²) in [6.45, 7) is 4.57. The van der Waals surface area contributed by atoms with Crippen LogP contribution in [0.1, 0.15) is 27.4 Å². The third-order valence-electron chi connectivity index (χ3n) is 4.91. The van der Waals surface area contributed by atoms with Crippen LogP contribution < -0.4 is 10.1 Å². The zero-order valence-electron chi connectivity index (χ0n) is 17.5. The number of ether oxygens (including phenoxy) is 1. The number of aromatic nitrogens is 4. The highest BCUT2D eigenvalue weighted by molar-refractivity contribution is 9.10. The molecule has 0 saturated carbocycles.